The van der Waals surface area contributed by atoms with Crippen molar-refractivity contribution in [3.63, 3.8) is 0 Å². The van der Waals surface area contributed by atoms with E-state index in [4.69, 9.17) is 10.8 Å². The second-order valence-corrected chi connectivity index (χ2v) is 10.4. The molecule has 0 aliphatic carbocycles. The Morgan fingerprint density at radius 2 is 1.86 bits per heavy atom. The first-order valence-corrected chi connectivity index (χ1v) is 8.19. The zero-order chi connectivity index (χ0) is 11.4. The van der Waals surface area contributed by atoms with Crippen molar-refractivity contribution in [3.8, 4) is 12.3 Å². The highest BCUT2D eigenvalue weighted by Gasteiger charge is 2.37. The molecule has 0 aliphatic heterocycles. The van der Waals surface area contributed by atoms with E-state index in [1.54, 1.807) is 0 Å². The first kappa shape index (κ1) is 13.7. The van der Waals surface area contributed by atoms with Crippen LogP contribution in [0, 0.1) is 18.3 Å². The Morgan fingerprint density at radius 1 is 1.36 bits per heavy atom. The van der Waals surface area contributed by atoms with Gasteiger partial charge in [0.05, 0.1) is 0 Å². The summed E-state index contributed by atoms with van der Waals surface area (Å²) in [5.41, 5.74) is 0. The van der Waals surface area contributed by atoms with E-state index in [1.165, 1.54) is 0 Å². The largest absolute Gasteiger partial charge is 0.417 e. The third-order valence-electron chi connectivity index (χ3n) is 3.00. The van der Waals surface area contributed by atoms with Crippen LogP contribution in [-0.2, 0) is 4.43 Å². The lowest BCUT2D eigenvalue weighted by Gasteiger charge is -2.36. The lowest BCUT2D eigenvalue weighted by Crippen LogP contribution is -2.41. The Hall–Kier alpha value is -0.263. The molecule has 82 valence electrons. The molecule has 0 aromatic carbocycles. The molecule has 0 rings (SSSR count). The van der Waals surface area contributed by atoms with Gasteiger partial charge in [0.15, 0.2) is 8.32 Å². The molecule has 2 heteroatoms. The fraction of sp³-hybridized carbons (Fsp3) is 0.833. The van der Waals surface area contributed by atoms with Gasteiger partial charge in [-0.1, -0.05) is 27.7 Å². The molecule has 0 heterocycles. The SMILES string of the molecule is C#CCC(C)CO[Si](C)(C)C(C)(C)C. The number of terminal acetylenes is 1. The molecule has 1 nitrogen and oxygen atoms in total. The van der Waals surface area contributed by atoms with Crippen molar-refractivity contribution >= 4 is 8.32 Å². The van der Waals surface area contributed by atoms with Crippen molar-refractivity contribution < 1.29 is 4.43 Å². The quantitative estimate of drug-likeness (QED) is 0.510. The molecule has 0 aliphatic rings. The van der Waals surface area contributed by atoms with E-state index in [9.17, 15) is 0 Å². The van der Waals surface area contributed by atoms with E-state index >= 15 is 0 Å². The minimum absolute atomic E-state index is 0.295. The summed E-state index contributed by atoms with van der Waals surface area (Å²) >= 11 is 0. The van der Waals surface area contributed by atoms with Gasteiger partial charge in [0.1, 0.15) is 0 Å². The maximum atomic E-state index is 6.05. The molecule has 0 amide bonds. The minimum Gasteiger partial charge on any atom is -0.417 e. The zero-order valence-electron chi connectivity index (χ0n) is 10.5. The van der Waals surface area contributed by atoms with Gasteiger partial charge in [-0.3, -0.25) is 0 Å². The van der Waals surface area contributed by atoms with Crippen LogP contribution in [0.5, 0.6) is 0 Å². The Morgan fingerprint density at radius 3 is 2.21 bits per heavy atom. The molecule has 0 aromatic rings. The summed E-state index contributed by atoms with van der Waals surface area (Å²) in [6.45, 7) is 14.3. The molecule has 0 fully saturated rings. The van der Waals surface area contributed by atoms with Crippen molar-refractivity contribution in [1.82, 2.24) is 0 Å². The third kappa shape index (κ3) is 4.30. The van der Waals surface area contributed by atoms with Crippen molar-refractivity contribution in [2.45, 2.75) is 52.2 Å². The van der Waals surface area contributed by atoms with E-state index in [0.717, 1.165) is 13.0 Å². The van der Waals surface area contributed by atoms with Crippen LogP contribution in [0.3, 0.4) is 0 Å². The van der Waals surface area contributed by atoms with Crippen molar-refractivity contribution in [3.05, 3.63) is 0 Å². The van der Waals surface area contributed by atoms with E-state index in [1.807, 2.05) is 0 Å². The predicted octanol–water partition coefficient (Wildman–Crippen LogP) is 3.67. The van der Waals surface area contributed by atoms with Gasteiger partial charge < -0.3 is 4.43 Å². The van der Waals surface area contributed by atoms with Gasteiger partial charge >= 0.3 is 0 Å². The average molecular weight is 212 g/mol. The van der Waals surface area contributed by atoms with Gasteiger partial charge in [-0.05, 0) is 24.1 Å². The van der Waals surface area contributed by atoms with Crippen LogP contribution in [0.1, 0.15) is 34.1 Å². The molecule has 1 unspecified atom stereocenters. The summed E-state index contributed by atoms with van der Waals surface area (Å²) in [4.78, 5) is 0. The van der Waals surface area contributed by atoms with Crippen LogP contribution < -0.4 is 0 Å². The maximum Gasteiger partial charge on any atom is 0.191 e. The molecule has 0 saturated carbocycles. The van der Waals surface area contributed by atoms with E-state index in [2.05, 4.69) is 46.7 Å². The molecule has 0 radical (unpaired) electrons. The first-order valence-electron chi connectivity index (χ1n) is 5.28. The lowest BCUT2D eigenvalue weighted by molar-refractivity contribution is 0.240. The smallest absolute Gasteiger partial charge is 0.191 e. The molecule has 0 bridgehead atoms. The topological polar surface area (TPSA) is 9.23 Å². The van der Waals surface area contributed by atoms with Crippen LogP contribution in [0.2, 0.25) is 18.1 Å². The Kier molecular flexibility index (Phi) is 4.90. The van der Waals surface area contributed by atoms with Gasteiger partial charge in [-0.2, -0.15) is 0 Å². The van der Waals surface area contributed by atoms with Gasteiger partial charge in [0.2, 0.25) is 0 Å². The summed E-state index contributed by atoms with van der Waals surface area (Å²) in [5.74, 6) is 3.16. The molecule has 14 heavy (non-hydrogen) atoms. The standard InChI is InChI=1S/C12H24OSi/c1-8-9-11(2)10-13-14(6,7)12(3,4)5/h1,11H,9-10H2,2-7H3. The summed E-state index contributed by atoms with van der Waals surface area (Å²) < 4.78 is 6.05. The number of rotatable bonds is 4. The Balaban J connectivity index is 4.07. The second-order valence-electron chi connectivity index (χ2n) is 5.58. The maximum absolute atomic E-state index is 6.05. The van der Waals surface area contributed by atoms with Crippen molar-refractivity contribution in [2.75, 3.05) is 6.61 Å². The molecule has 0 saturated heterocycles. The van der Waals surface area contributed by atoms with Crippen LogP contribution >= 0.6 is 0 Å². The second kappa shape index (κ2) is 5.00. The van der Waals surface area contributed by atoms with Gasteiger partial charge in [-0.25, -0.2) is 0 Å². The highest BCUT2D eigenvalue weighted by atomic mass is 28.4. The Bertz CT molecular complexity index is 207. The summed E-state index contributed by atoms with van der Waals surface area (Å²) in [6, 6.07) is 0. The fourth-order valence-electron chi connectivity index (χ4n) is 0.827. The minimum atomic E-state index is -1.57. The zero-order valence-corrected chi connectivity index (χ0v) is 11.5. The molecular weight excluding hydrogens is 188 g/mol. The molecule has 1 atom stereocenters. The highest BCUT2D eigenvalue weighted by Crippen LogP contribution is 2.36. The van der Waals surface area contributed by atoms with E-state index in [0.29, 0.717) is 11.0 Å². The molecular formula is C12H24OSi. The van der Waals surface area contributed by atoms with Crippen LogP contribution in [0.15, 0.2) is 0 Å². The monoisotopic (exact) mass is 212 g/mol. The van der Waals surface area contributed by atoms with Crippen LogP contribution in [0.4, 0.5) is 0 Å². The van der Waals surface area contributed by atoms with Crippen LogP contribution in [-0.4, -0.2) is 14.9 Å². The van der Waals surface area contributed by atoms with Crippen molar-refractivity contribution in [1.29, 1.82) is 0 Å². The third-order valence-corrected chi connectivity index (χ3v) is 7.50. The van der Waals surface area contributed by atoms with Crippen LogP contribution in [0.25, 0.3) is 0 Å². The average Bonchev–Trinajstić information content (AvgIpc) is 1.99. The predicted molar refractivity (Wildman–Crippen MR) is 65.8 cm³/mol. The first-order chi connectivity index (χ1) is 6.20. The number of hydrogen-bond donors (Lipinski definition) is 0. The van der Waals surface area contributed by atoms with Crippen molar-refractivity contribution in [2.24, 2.45) is 5.92 Å². The molecule has 0 spiro atoms. The molecule has 0 N–H and O–H groups in total. The summed E-state index contributed by atoms with van der Waals surface area (Å²) in [5, 5.41) is 0.295. The Labute approximate surface area is 90.4 Å². The summed E-state index contributed by atoms with van der Waals surface area (Å²) in [7, 11) is -1.57. The fourth-order valence-corrected chi connectivity index (χ4v) is 1.96. The number of hydrogen-bond acceptors (Lipinski definition) is 1. The molecule has 0 aromatic heterocycles. The highest BCUT2D eigenvalue weighted by molar-refractivity contribution is 6.74. The van der Waals surface area contributed by atoms with E-state index < -0.39 is 8.32 Å². The normalized spacial score (nSPS) is 14.9. The van der Waals surface area contributed by atoms with Gasteiger partial charge in [0, 0.05) is 13.0 Å². The summed E-state index contributed by atoms with van der Waals surface area (Å²) in [6.07, 6.45) is 6.07. The van der Waals surface area contributed by atoms with E-state index in [-0.39, 0.29) is 0 Å². The van der Waals surface area contributed by atoms with Gasteiger partial charge in [0.25, 0.3) is 0 Å². The lowest BCUT2D eigenvalue weighted by atomic mass is 10.1. The van der Waals surface area contributed by atoms with Gasteiger partial charge in [-0.15, -0.1) is 12.3 Å².